The number of piperidine rings is 6. The summed E-state index contributed by atoms with van der Waals surface area (Å²) in [5.41, 5.74) is 0. The molecule has 6 aliphatic heterocycles. The van der Waals surface area contributed by atoms with Crippen molar-refractivity contribution < 1.29 is 9.90 Å². The van der Waals surface area contributed by atoms with Gasteiger partial charge < -0.3 is 25.9 Å². The van der Waals surface area contributed by atoms with Crippen LogP contribution in [0.1, 0.15) is 89.9 Å². The number of fused-ring (bicyclic) bond motifs is 11. The summed E-state index contributed by atoms with van der Waals surface area (Å²) in [7, 11) is 0. The number of hydrogen-bond acceptors (Lipinski definition) is 8. The Bertz CT molecular complexity index is 1010. The summed E-state index contributed by atoms with van der Waals surface area (Å²) in [5.74, 6) is 5.15. The van der Waals surface area contributed by atoms with E-state index < -0.39 is 12.0 Å². The number of carbonyl (C=O) groups is 1. The Morgan fingerprint density at radius 2 is 0.927 bits per heavy atom. The highest BCUT2D eigenvalue weighted by molar-refractivity contribution is 5.71. The van der Waals surface area contributed by atoms with Crippen molar-refractivity contribution in [2.45, 2.75) is 145 Å². The van der Waals surface area contributed by atoms with Gasteiger partial charge in [-0.15, -0.1) is 0 Å². The van der Waals surface area contributed by atoms with Gasteiger partial charge >= 0.3 is 0 Å². The fourth-order valence-electron chi connectivity index (χ4n) is 12.6. The molecule has 3 aliphatic carbocycles. The first kappa shape index (κ1) is 26.6. The largest absolute Gasteiger partial charge is 0.548 e. The average molecular weight is 566 g/mol. The molecule has 0 aromatic heterocycles. The third-order valence-electron chi connectivity index (χ3n) is 14.4. The maximum atomic E-state index is 11.7. The van der Waals surface area contributed by atoms with Crippen molar-refractivity contribution in [3.8, 4) is 0 Å². The van der Waals surface area contributed by atoms with Crippen molar-refractivity contribution in [1.29, 1.82) is 0 Å². The van der Waals surface area contributed by atoms with Crippen molar-refractivity contribution >= 4 is 5.97 Å². The molecule has 17 atom stereocenters. The minimum Gasteiger partial charge on any atom is -0.548 e. The van der Waals surface area contributed by atoms with Crippen molar-refractivity contribution in [2.75, 3.05) is 6.54 Å². The Hall–Kier alpha value is -0.770. The lowest BCUT2D eigenvalue weighted by atomic mass is 9.58. The predicted molar refractivity (Wildman–Crippen MR) is 155 cm³/mol. The molecule has 17 unspecified atom stereocenters. The van der Waals surface area contributed by atoms with Gasteiger partial charge in [0.05, 0.1) is 18.3 Å². The normalized spacial score (nSPS) is 57.6. The zero-order valence-electron chi connectivity index (χ0n) is 24.7. The van der Waals surface area contributed by atoms with E-state index in [1.807, 2.05) is 0 Å². The van der Waals surface area contributed by atoms with Gasteiger partial charge in [-0.3, -0.25) is 16.0 Å². The minimum atomic E-state index is -0.917. The molecule has 8 heteroatoms. The summed E-state index contributed by atoms with van der Waals surface area (Å²) in [4.78, 5) is 11.7. The molecule has 41 heavy (non-hydrogen) atoms. The average Bonchev–Trinajstić information content (AvgIpc) is 3.00. The first-order valence-corrected chi connectivity index (χ1v) is 17.8. The number of nitrogens with one attached hydrogen (secondary N) is 6. The van der Waals surface area contributed by atoms with E-state index in [0.717, 1.165) is 42.4 Å². The molecule has 0 radical (unpaired) electrons. The molecular formula is C33H53N6O2-. The van der Waals surface area contributed by atoms with Crippen molar-refractivity contribution in [1.82, 2.24) is 31.9 Å². The molecular weight excluding hydrogens is 512 g/mol. The number of carboxylic acids is 1. The highest BCUT2D eigenvalue weighted by atomic mass is 16.4. The van der Waals surface area contributed by atoms with Crippen LogP contribution in [0, 0.1) is 47.3 Å². The molecule has 0 spiro atoms. The van der Waals surface area contributed by atoms with E-state index in [9.17, 15) is 9.90 Å². The van der Waals surface area contributed by atoms with Crippen LogP contribution in [0.4, 0.5) is 0 Å². The summed E-state index contributed by atoms with van der Waals surface area (Å²) in [6, 6.07) is 2.55. The lowest BCUT2D eigenvalue weighted by Crippen LogP contribution is -2.77. The van der Waals surface area contributed by atoms with Gasteiger partial charge in [-0.25, -0.2) is 0 Å². The molecule has 6 heterocycles. The predicted octanol–water partition coefficient (Wildman–Crippen LogP) is 1.02. The molecule has 9 rings (SSSR count). The second-order valence-electron chi connectivity index (χ2n) is 16.2. The second kappa shape index (κ2) is 10.4. The van der Waals surface area contributed by atoms with Crippen LogP contribution in [-0.2, 0) is 4.79 Å². The van der Waals surface area contributed by atoms with Crippen LogP contribution >= 0.6 is 0 Å². The quantitative estimate of drug-likeness (QED) is 0.280. The highest BCUT2D eigenvalue weighted by Gasteiger charge is 2.55. The summed E-state index contributed by atoms with van der Waals surface area (Å²) >= 11 is 0. The van der Waals surface area contributed by atoms with E-state index in [4.69, 9.17) is 0 Å². The zero-order chi connectivity index (χ0) is 27.2. The van der Waals surface area contributed by atoms with Gasteiger partial charge in [-0.05, 0) is 144 Å². The Morgan fingerprint density at radius 3 is 1.54 bits per heavy atom. The molecule has 0 bridgehead atoms. The van der Waals surface area contributed by atoms with E-state index in [1.54, 1.807) is 0 Å². The smallest absolute Gasteiger partial charge is 0.0606 e. The molecule has 6 N–H and O–H groups in total. The van der Waals surface area contributed by atoms with Gasteiger partial charge in [0.25, 0.3) is 0 Å². The van der Waals surface area contributed by atoms with Crippen molar-refractivity contribution in [3.63, 3.8) is 0 Å². The third kappa shape index (κ3) is 4.48. The molecule has 0 aromatic carbocycles. The van der Waals surface area contributed by atoms with Crippen molar-refractivity contribution in [2.24, 2.45) is 47.3 Å². The van der Waals surface area contributed by atoms with E-state index in [0.29, 0.717) is 60.3 Å². The Balaban J connectivity index is 0.918. The van der Waals surface area contributed by atoms with Crippen LogP contribution in [0.5, 0.6) is 0 Å². The summed E-state index contributed by atoms with van der Waals surface area (Å²) in [6.45, 7) is 1.17. The highest BCUT2D eigenvalue weighted by Crippen LogP contribution is 2.50. The van der Waals surface area contributed by atoms with E-state index in [2.05, 4.69) is 31.9 Å². The van der Waals surface area contributed by atoms with Crippen LogP contribution in [0.3, 0.4) is 0 Å². The van der Waals surface area contributed by atoms with Crippen LogP contribution in [-0.4, -0.2) is 67.1 Å². The fourth-order valence-corrected chi connectivity index (χ4v) is 12.6. The minimum absolute atomic E-state index is 0.271. The molecule has 0 aromatic rings. The first-order chi connectivity index (χ1) is 20.1. The number of aliphatic carboxylic acids is 1. The fraction of sp³-hybridized carbons (Fsp3) is 0.970. The van der Waals surface area contributed by atoms with Crippen LogP contribution in [0.2, 0.25) is 0 Å². The maximum absolute atomic E-state index is 11.7. The molecule has 0 amide bonds. The SMILES string of the molecule is O=C([O-])C1CCC2CCC3CC4CC5CCC6CC7CCC8CC9CCCNC9NC8C7NC6C5NC4NC3C2N1. The number of rotatable bonds is 1. The van der Waals surface area contributed by atoms with Gasteiger partial charge in [0.2, 0.25) is 0 Å². The van der Waals surface area contributed by atoms with Crippen LogP contribution < -0.4 is 37.0 Å². The Kier molecular flexibility index (Phi) is 6.76. The standard InChI is InChI=1S/C33H54N6O2/c40-33(41)24-10-9-16-3-4-20-14-23-15-21-8-6-18-12-17-5-7-19-13-22-2-1-11-34-31(22)37-29(19)26(17)36-27(18)30(21)39-32(23)38-28(20)25(16)35-24/h16-32,34-39H,1-15H2,(H,40,41)/p-1. The zero-order valence-corrected chi connectivity index (χ0v) is 24.7. The molecule has 6 saturated heterocycles. The summed E-state index contributed by atoms with van der Waals surface area (Å²) in [5, 5.41) is 36.1. The maximum Gasteiger partial charge on any atom is 0.0606 e. The first-order valence-electron chi connectivity index (χ1n) is 17.8. The van der Waals surface area contributed by atoms with Crippen LogP contribution in [0.15, 0.2) is 0 Å². The number of carbonyl (C=O) groups excluding carboxylic acids is 1. The van der Waals surface area contributed by atoms with Crippen molar-refractivity contribution in [3.05, 3.63) is 0 Å². The molecule has 9 aliphatic rings. The van der Waals surface area contributed by atoms with Gasteiger partial charge in [0.15, 0.2) is 0 Å². The molecule has 9 fully saturated rings. The molecule has 8 nitrogen and oxygen atoms in total. The lowest BCUT2D eigenvalue weighted by Gasteiger charge is -2.61. The van der Waals surface area contributed by atoms with Gasteiger partial charge in [0.1, 0.15) is 0 Å². The summed E-state index contributed by atoms with van der Waals surface area (Å²) in [6.07, 6.45) is 19.1. The molecule has 3 saturated carbocycles. The number of hydrogen-bond donors (Lipinski definition) is 6. The lowest BCUT2D eigenvalue weighted by molar-refractivity contribution is -0.309. The Morgan fingerprint density at radius 1 is 0.463 bits per heavy atom. The van der Waals surface area contributed by atoms with Crippen LogP contribution in [0.25, 0.3) is 0 Å². The van der Waals surface area contributed by atoms with Gasteiger partial charge in [-0.2, -0.15) is 0 Å². The van der Waals surface area contributed by atoms with E-state index in [1.165, 1.54) is 83.6 Å². The Labute approximate surface area is 246 Å². The number of carboxylic acid groups (broad SMARTS) is 1. The van der Waals surface area contributed by atoms with E-state index in [-0.39, 0.29) is 6.04 Å². The third-order valence-corrected chi connectivity index (χ3v) is 14.4. The monoisotopic (exact) mass is 565 g/mol. The second-order valence-corrected chi connectivity index (χ2v) is 16.2. The topological polar surface area (TPSA) is 112 Å². The molecule has 228 valence electrons. The van der Waals surface area contributed by atoms with E-state index >= 15 is 0 Å². The van der Waals surface area contributed by atoms with Gasteiger partial charge in [-0.1, -0.05) is 0 Å². The summed E-state index contributed by atoms with van der Waals surface area (Å²) < 4.78 is 0. The van der Waals surface area contributed by atoms with Gasteiger partial charge in [0, 0.05) is 42.3 Å².